The molecule has 0 aliphatic heterocycles. The van der Waals surface area contributed by atoms with Crippen molar-refractivity contribution in [3.05, 3.63) is 34.8 Å². The molecule has 0 spiro atoms. The molecule has 5 heteroatoms. The van der Waals surface area contributed by atoms with Crippen LogP contribution in [-0.2, 0) is 0 Å². The Morgan fingerprint density at radius 3 is 1.52 bits per heavy atom. The van der Waals surface area contributed by atoms with Crippen LogP contribution in [0.2, 0.25) is 39.3 Å². The molecule has 0 saturated heterocycles. The highest BCUT2D eigenvalue weighted by atomic mass is 79.9. The smallest absolute Gasteiger partial charge is 0.130 e. The molecule has 136 valence electrons. The Labute approximate surface area is 162 Å². The fraction of sp³-hybridized carbons (Fsp3) is 0.400. The standard InChI is InChI=1S/C20H29BrO2Si2/c1-22-14-10-9-11-15(23-2)18(14)19-16(24(3,4)5)12-13-17(20(19)21)25(6,7)8/h9-13H,1-8H3. The van der Waals surface area contributed by atoms with Gasteiger partial charge in [0.1, 0.15) is 11.5 Å². The van der Waals surface area contributed by atoms with Crippen molar-refractivity contribution in [3.63, 3.8) is 0 Å². The summed E-state index contributed by atoms with van der Waals surface area (Å²) in [5.74, 6) is 1.71. The summed E-state index contributed by atoms with van der Waals surface area (Å²) in [6, 6.07) is 10.7. The first-order valence-electron chi connectivity index (χ1n) is 8.57. The Bertz CT molecular complexity index is 752. The summed E-state index contributed by atoms with van der Waals surface area (Å²) in [4.78, 5) is 0. The minimum atomic E-state index is -1.57. The number of benzene rings is 2. The van der Waals surface area contributed by atoms with E-state index in [9.17, 15) is 0 Å². The van der Waals surface area contributed by atoms with E-state index in [1.54, 1.807) is 14.2 Å². The molecule has 0 fully saturated rings. The molecule has 0 atom stereocenters. The van der Waals surface area contributed by atoms with Crippen LogP contribution in [0.3, 0.4) is 0 Å². The molecule has 2 aromatic carbocycles. The zero-order valence-electron chi connectivity index (χ0n) is 16.6. The van der Waals surface area contributed by atoms with E-state index in [1.165, 1.54) is 20.4 Å². The van der Waals surface area contributed by atoms with Crippen LogP contribution in [-0.4, -0.2) is 30.4 Å². The highest BCUT2D eigenvalue weighted by Gasteiger charge is 2.30. The zero-order valence-corrected chi connectivity index (χ0v) is 20.2. The Morgan fingerprint density at radius 2 is 1.12 bits per heavy atom. The van der Waals surface area contributed by atoms with Crippen LogP contribution in [0.15, 0.2) is 34.8 Å². The molecule has 25 heavy (non-hydrogen) atoms. The summed E-state index contributed by atoms with van der Waals surface area (Å²) in [5.41, 5.74) is 2.30. The van der Waals surface area contributed by atoms with Gasteiger partial charge < -0.3 is 9.47 Å². The number of rotatable bonds is 5. The van der Waals surface area contributed by atoms with Crippen molar-refractivity contribution in [2.75, 3.05) is 14.2 Å². The fourth-order valence-electron chi connectivity index (χ4n) is 3.12. The molecule has 0 N–H and O–H groups in total. The first-order chi connectivity index (χ1) is 11.5. The van der Waals surface area contributed by atoms with Crippen molar-refractivity contribution in [1.82, 2.24) is 0 Å². The highest BCUT2D eigenvalue weighted by Crippen LogP contribution is 2.41. The van der Waals surface area contributed by atoms with Gasteiger partial charge in [0, 0.05) is 10.0 Å². The van der Waals surface area contributed by atoms with E-state index in [0.717, 1.165) is 17.1 Å². The number of hydrogen-bond donors (Lipinski definition) is 0. The van der Waals surface area contributed by atoms with Crippen molar-refractivity contribution < 1.29 is 9.47 Å². The van der Waals surface area contributed by atoms with Crippen LogP contribution in [0.5, 0.6) is 11.5 Å². The maximum absolute atomic E-state index is 5.72. The molecular formula is C20H29BrO2Si2. The number of methoxy groups -OCH3 is 2. The van der Waals surface area contributed by atoms with Gasteiger partial charge in [-0.15, -0.1) is 0 Å². The van der Waals surface area contributed by atoms with E-state index >= 15 is 0 Å². The van der Waals surface area contributed by atoms with Gasteiger partial charge in [0.15, 0.2) is 0 Å². The van der Waals surface area contributed by atoms with Crippen LogP contribution in [0.25, 0.3) is 11.1 Å². The van der Waals surface area contributed by atoms with Crippen LogP contribution in [0.4, 0.5) is 0 Å². The predicted molar refractivity (Wildman–Crippen MR) is 119 cm³/mol. The Hall–Kier alpha value is -1.05. The molecule has 2 nitrogen and oxygen atoms in total. The van der Waals surface area contributed by atoms with E-state index < -0.39 is 16.1 Å². The monoisotopic (exact) mass is 436 g/mol. The van der Waals surface area contributed by atoms with Crippen molar-refractivity contribution in [2.24, 2.45) is 0 Å². The van der Waals surface area contributed by atoms with E-state index in [2.05, 4.69) is 67.3 Å². The van der Waals surface area contributed by atoms with Gasteiger partial charge in [-0.05, 0) is 17.3 Å². The number of halogens is 1. The summed E-state index contributed by atoms with van der Waals surface area (Å²) < 4.78 is 12.6. The van der Waals surface area contributed by atoms with Crippen LogP contribution >= 0.6 is 15.9 Å². The average Bonchev–Trinajstić information content (AvgIpc) is 2.51. The average molecular weight is 438 g/mol. The molecular weight excluding hydrogens is 408 g/mol. The number of hydrogen-bond acceptors (Lipinski definition) is 2. The van der Waals surface area contributed by atoms with Crippen LogP contribution < -0.4 is 19.8 Å². The van der Waals surface area contributed by atoms with Gasteiger partial charge in [-0.3, -0.25) is 0 Å². The van der Waals surface area contributed by atoms with Gasteiger partial charge >= 0.3 is 0 Å². The summed E-state index contributed by atoms with van der Waals surface area (Å²) in [6.45, 7) is 14.3. The van der Waals surface area contributed by atoms with Crippen molar-refractivity contribution in [1.29, 1.82) is 0 Å². The van der Waals surface area contributed by atoms with Crippen LogP contribution in [0.1, 0.15) is 0 Å². The van der Waals surface area contributed by atoms with Gasteiger partial charge in [0.25, 0.3) is 0 Å². The zero-order chi connectivity index (χ0) is 19.0. The lowest BCUT2D eigenvalue weighted by atomic mass is 10.0. The summed E-state index contributed by atoms with van der Waals surface area (Å²) >= 11 is 3.97. The van der Waals surface area contributed by atoms with Crippen molar-refractivity contribution in [2.45, 2.75) is 39.3 Å². The van der Waals surface area contributed by atoms with Gasteiger partial charge in [-0.25, -0.2) is 0 Å². The molecule has 0 saturated carbocycles. The summed E-state index contributed by atoms with van der Waals surface area (Å²) in [5, 5.41) is 2.85. The summed E-state index contributed by atoms with van der Waals surface area (Å²) in [7, 11) is 0.386. The fourth-order valence-corrected chi connectivity index (χ4v) is 8.58. The molecule has 0 aliphatic carbocycles. The van der Waals surface area contributed by atoms with E-state index in [1.807, 2.05) is 18.2 Å². The first-order valence-corrected chi connectivity index (χ1v) is 16.4. The second-order valence-corrected chi connectivity index (χ2v) is 19.3. The predicted octanol–water partition coefficient (Wildman–Crippen LogP) is 5.22. The van der Waals surface area contributed by atoms with E-state index in [4.69, 9.17) is 9.47 Å². The van der Waals surface area contributed by atoms with E-state index in [0.29, 0.717) is 0 Å². The topological polar surface area (TPSA) is 18.5 Å². The molecule has 0 amide bonds. The van der Waals surface area contributed by atoms with Gasteiger partial charge in [-0.1, -0.05) is 78.6 Å². The molecule has 0 bridgehead atoms. The third-order valence-corrected chi connectivity index (χ3v) is 9.69. The van der Waals surface area contributed by atoms with Gasteiger partial charge in [0.05, 0.1) is 35.9 Å². The summed E-state index contributed by atoms with van der Waals surface area (Å²) in [6.07, 6.45) is 0. The Balaban J connectivity index is 2.98. The highest BCUT2D eigenvalue weighted by molar-refractivity contribution is 9.10. The third kappa shape index (κ3) is 4.04. The van der Waals surface area contributed by atoms with Crippen LogP contribution in [0, 0.1) is 0 Å². The SMILES string of the molecule is COc1cccc(OC)c1-c1c([Si](C)(C)C)ccc([Si](C)(C)C)c1Br. The Kier molecular flexibility index (Phi) is 5.91. The molecule has 0 aliphatic rings. The normalized spacial score (nSPS) is 12.2. The van der Waals surface area contributed by atoms with Gasteiger partial charge in [-0.2, -0.15) is 0 Å². The van der Waals surface area contributed by atoms with E-state index in [-0.39, 0.29) is 0 Å². The minimum absolute atomic E-state index is 0.854. The molecule has 0 radical (unpaired) electrons. The largest absolute Gasteiger partial charge is 0.496 e. The Morgan fingerprint density at radius 1 is 0.680 bits per heavy atom. The third-order valence-electron chi connectivity index (χ3n) is 4.44. The lowest BCUT2D eigenvalue weighted by molar-refractivity contribution is 0.397. The minimum Gasteiger partial charge on any atom is -0.496 e. The second-order valence-electron chi connectivity index (χ2n) is 8.39. The van der Waals surface area contributed by atoms with Gasteiger partial charge in [0.2, 0.25) is 0 Å². The molecule has 0 heterocycles. The second kappa shape index (κ2) is 7.29. The maximum Gasteiger partial charge on any atom is 0.130 e. The lowest BCUT2D eigenvalue weighted by Crippen LogP contribution is -2.44. The molecule has 0 aromatic heterocycles. The quantitative estimate of drug-likeness (QED) is 0.597. The molecule has 2 rings (SSSR count). The first kappa shape index (κ1) is 20.3. The van der Waals surface area contributed by atoms with Crippen molar-refractivity contribution in [3.8, 4) is 22.6 Å². The lowest BCUT2D eigenvalue weighted by Gasteiger charge is -2.28. The molecule has 0 unspecified atom stereocenters. The number of ether oxygens (including phenoxy) is 2. The maximum atomic E-state index is 5.72. The molecule has 2 aromatic rings. The van der Waals surface area contributed by atoms with Crippen molar-refractivity contribution >= 4 is 42.5 Å².